The summed E-state index contributed by atoms with van der Waals surface area (Å²) in [6.45, 7) is 1.96. The van der Waals surface area contributed by atoms with Gasteiger partial charge in [0.1, 0.15) is 11.5 Å². The first kappa shape index (κ1) is 10.8. The van der Waals surface area contributed by atoms with Gasteiger partial charge in [-0.25, -0.2) is 0 Å². The number of phenols is 2. The Morgan fingerprint density at radius 1 is 1.36 bits per heavy atom. The van der Waals surface area contributed by atoms with Crippen LogP contribution in [0.3, 0.4) is 0 Å². The van der Waals surface area contributed by atoms with Gasteiger partial charge in [-0.2, -0.15) is 0 Å². The van der Waals surface area contributed by atoms with Crippen LogP contribution in [0.5, 0.6) is 11.5 Å². The molecule has 4 nitrogen and oxygen atoms in total. The van der Waals surface area contributed by atoms with Gasteiger partial charge in [0.2, 0.25) is 0 Å². The van der Waals surface area contributed by atoms with Gasteiger partial charge in [-0.05, 0) is 26.1 Å². The Bertz CT molecular complexity index is 325. The molecule has 1 rings (SSSR count). The maximum atomic E-state index is 9.63. The van der Waals surface area contributed by atoms with E-state index < -0.39 is 6.10 Å². The van der Waals surface area contributed by atoms with Crippen molar-refractivity contribution in [3.05, 3.63) is 23.3 Å². The van der Waals surface area contributed by atoms with E-state index in [-0.39, 0.29) is 11.5 Å². The van der Waals surface area contributed by atoms with Crippen molar-refractivity contribution in [1.82, 2.24) is 5.32 Å². The zero-order valence-electron chi connectivity index (χ0n) is 8.28. The Hall–Kier alpha value is -1.26. The maximum absolute atomic E-state index is 9.63. The second-order valence-electron chi connectivity index (χ2n) is 3.22. The molecule has 1 atom stereocenters. The van der Waals surface area contributed by atoms with Crippen molar-refractivity contribution >= 4 is 0 Å². The third-order valence-electron chi connectivity index (χ3n) is 2.19. The Kier molecular flexibility index (Phi) is 3.33. The average Bonchev–Trinajstić information content (AvgIpc) is 2.15. The molecule has 1 unspecified atom stereocenters. The number of hydrogen-bond acceptors (Lipinski definition) is 4. The van der Waals surface area contributed by atoms with Gasteiger partial charge in [-0.1, -0.05) is 0 Å². The van der Waals surface area contributed by atoms with Crippen LogP contribution in [0.15, 0.2) is 12.1 Å². The monoisotopic (exact) mass is 197 g/mol. The van der Waals surface area contributed by atoms with Gasteiger partial charge >= 0.3 is 0 Å². The lowest BCUT2D eigenvalue weighted by atomic mass is 10.0. The minimum absolute atomic E-state index is 0.0305. The smallest absolute Gasteiger partial charge is 0.128 e. The summed E-state index contributed by atoms with van der Waals surface area (Å²) in [5.41, 5.74) is 0.812. The predicted molar refractivity (Wildman–Crippen MR) is 53.4 cm³/mol. The van der Waals surface area contributed by atoms with Gasteiger partial charge in [-0.3, -0.25) is 0 Å². The van der Waals surface area contributed by atoms with E-state index in [1.807, 2.05) is 0 Å². The summed E-state index contributed by atoms with van der Waals surface area (Å²) >= 11 is 0. The van der Waals surface area contributed by atoms with Crippen LogP contribution in [-0.2, 0) is 0 Å². The molecule has 78 valence electrons. The third kappa shape index (κ3) is 1.97. The predicted octanol–water partition coefficient (Wildman–Crippen LogP) is 0.659. The van der Waals surface area contributed by atoms with Gasteiger partial charge in [0.25, 0.3) is 0 Å². The molecule has 4 heteroatoms. The summed E-state index contributed by atoms with van der Waals surface area (Å²) < 4.78 is 0. The number of phenolic OH excluding ortho intramolecular Hbond substituents is 2. The molecule has 0 spiro atoms. The molecule has 0 heterocycles. The van der Waals surface area contributed by atoms with Crippen LogP contribution in [-0.4, -0.2) is 28.9 Å². The van der Waals surface area contributed by atoms with Crippen LogP contribution in [0.2, 0.25) is 0 Å². The molecule has 0 saturated heterocycles. The highest BCUT2D eigenvalue weighted by molar-refractivity contribution is 5.48. The lowest BCUT2D eigenvalue weighted by Gasteiger charge is -2.14. The number of aromatic hydroxyl groups is 2. The molecule has 14 heavy (non-hydrogen) atoms. The van der Waals surface area contributed by atoms with Crippen LogP contribution in [0.4, 0.5) is 0 Å². The van der Waals surface area contributed by atoms with E-state index in [0.29, 0.717) is 17.7 Å². The molecule has 0 aliphatic rings. The topological polar surface area (TPSA) is 72.7 Å². The van der Waals surface area contributed by atoms with E-state index in [9.17, 15) is 15.3 Å². The first-order valence-electron chi connectivity index (χ1n) is 4.42. The molecular weight excluding hydrogens is 182 g/mol. The van der Waals surface area contributed by atoms with Crippen molar-refractivity contribution in [1.29, 1.82) is 0 Å². The van der Waals surface area contributed by atoms with Crippen molar-refractivity contribution < 1.29 is 15.3 Å². The fraction of sp³-hybridized carbons (Fsp3) is 0.400. The molecule has 0 bridgehead atoms. The van der Waals surface area contributed by atoms with Crippen LogP contribution in [0.25, 0.3) is 0 Å². The van der Waals surface area contributed by atoms with Crippen molar-refractivity contribution in [2.75, 3.05) is 13.6 Å². The summed E-state index contributed by atoms with van der Waals surface area (Å²) in [6, 6.07) is 2.98. The lowest BCUT2D eigenvalue weighted by Crippen LogP contribution is -2.16. The fourth-order valence-electron chi connectivity index (χ4n) is 1.28. The average molecular weight is 197 g/mol. The fourth-order valence-corrected chi connectivity index (χ4v) is 1.28. The van der Waals surface area contributed by atoms with Gasteiger partial charge in [0.05, 0.1) is 6.10 Å². The van der Waals surface area contributed by atoms with Crippen LogP contribution in [0.1, 0.15) is 17.2 Å². The SMILES string of the molecule is CNCC(O)c1ccc(O)c(C)c1O. The van der Waals surface area contributed by atoms with Gasteiger partial charge in [-0.15, -0.1) is 0 Å². The quantitative estimate of drug-likeness (QED) is 0.574. The highest BCUT2D eigenvalue weighted by atomic mass is 16.3. The minimum Gasteiger partial charge on any atom is -0.508 e. The number of aliphatic hydroxyl groups excluding tert-OH is 1. The van der Waals surface area contributed by atoms with E-state index in [1.54, 1.807) is 14.0 Å². The van der Waals surface area contributed by atoms with Gasteiger partial charge < -0.3 is 20.6 Å². The third-order valence-corrected chi connectivity index (χ3v) is 2.19. The number of benzene rings is 1. The standard InChI is InChI=1S/C10H15NO3/c1-6-8(12)4-3-7(10(6)14)9(13)5-11-2/h3-4,9,11-14H,5H2,1-2H3. The van der Waals surface area contributed by atoms with Crippen molar-refractivity contribution in [2.45, 2.75) is 13.0 Å². The molecule has 0 radical (unpaired) electrons. The van der Waals surface area contributed by atoms with Crippen LogP contribution < -0.4 is 5.32 Å². The number of rotatable bonds is 3. The number of nitrogens with one attached hydrogen (secondary N) is 1. The largest absolute Gasteiger partial charge is 0.508 e. The summed E-state index contributed by atoms with van der Waals surface area (Å²) in [5.74, 6) is -0.0179. The number of hydrogen-bond donors (Lipinski definition) is 4. The highest BCUT2D eigenvalue weighted by Crippen LogP contribution is 2.32. The van der Waals surface area contributed by atoms with E-state index in [0.717, 1.165) is 0 Å². The molecule has 0 saturated carbocycles. The summed E-state index contributed by atoms with van der Waals surface area (Å²) in [4.78, 5) is 0. The minimum atomic E-state index is -0.765. The summed E-state index contributed by atoms with van der Waals surface area (Å²) in [5, 5.41) is 31.3. The second-order valence-corrected chi connectivity index (χ2v) is 3.22. The molecular formula is C10H15NO3. The first-order valence-corrected chi connectivity index (χ1v) is 4.42. The summed E-state index contributed by atoms with van der Waals surface area (Å²) in [7, 11) is 1.72. The lowest BCUT2D eigenvalue weighted by molar-refractivity contribution is 0.173. The molecule has 1 aromatic carbocycles. The molecule has 1 aromatic rings. The van der Waals surface area contributed by atoms with Crippen molar-refractivity contribution in [3.8, 4) is 11.5 Å². The van der Waals surface area contributed by atoms with Crippen molar-refractivity contribution in [2.24, 2.45) is 0 Å². The molecule has 0 aliphatic heterocycles. The Morgan fingerprint density at radius 2 is 2.00 bits per heavy atom. The molecule has 0 aliphatic carbocycles. The molecule has 0 aromatic heterocycles. The van der Waals surface area contributed by atoms with Crippen LogP contribution >= 0.6 is 0 Å². The number of likely N-dealkylation sites (N-methyl/N-ethyl adjacent to an activating group) is 1. The highest BCUT2D eigenvalue weighted by Gasteiger charge is 2.14. The molecule has 0 amide bonds. The molecule has 4 N–H and O–H groups in total. The van der Waals surface area contributed by atoms with E-state index in [4.69, 9.17) is 0 Å². The Morgan fingerprint density at radius 3 is 2.57 bits per heavy atom. The van der Waals surface area contributed by atoms with Gasteiger partial charge in [0, 0.05) is 17.7 Å². The zero-order valence-corrected chi connectivity index (χ0v) is 8.28. The zero-order chi connectivity index (χ0) is 10.7. The Labute approximate surface area is 82.8 Å². The first-order chi connectivity index (χ1) is 6.57. The van der Waals surface area contributed by atoms with Gasteiger partial charge in [0.15, 0.2) is 0 Å². The van der Waals surface area contributed by atoms with Crippen LogP contribution in [0, 0.1) is 6.92 Å². The normalized spacial score (nSPS) is 12.8. The van der Waals surface area contributed by atoms with E-state index in [1.165, 1.54) is 12.1 Å². The van der Waals surface area contributed by atoms with E-state index in [2.05, 4.69) is 5.32 Å². The van der Waals surface area contributed by atoms with Crippen molar-refractivity contribution in [3.63, 3.8) is 0 Å². The van der Waals surface area contributed by atoms with E-state index >= 15 is 0 Å². The molecule has 0 fully saturated rings. The Balaban J connectivity index is 3.04. The maximum Gasteiger partial charge on any atom is 0.128 e. The number of aliphatic hydroxyl groups is 1. The second kappa shape index (κ2) is 4.30. The summed E-state index contributed by atoms with van der Waals surface area (Å²) in [6.07, 6.45) is -0.765.